The number of rotatable bonds is 5. The average Bonchev–Trinajstić information content (AvgIpc) is 3.09. The summed E-state index contributed by atoms with van der Waals surface area (Å²) in [5.74, 6) is -0.508. The van der Waals surface area contributed by atoms with Crippen LogP contribution in [0.25, 0.3) is 11.0 Å². The van der Waals surface area contributed by atoms with Gasteiger partial charge >= 0.3 is 0 Å². The van der Waals surface area contributed by atoms with Crippen LogP contribution in [-0.2, 0) is 11.0 Å². The van der Waals surface area contributed by atoms with Gasteiger partial charge < -0.3 is 4.42 Å². The molecule has 4 nitrogen and oxygen atoms in total. The smallest absolute Gasteiger partial charge is 0.212 e. The minimum Gasteiger partial charge on any atom is -0.445 e. The van der Waals surface area contributed by atoms with E-state index in [1.165, 1.54) is 17.8 Å². The molecule has 2 heterocycles. The SMILES string of the molecule is O=S(Nc1cc(F)cnc1Sc1ccccc1)c1cc2ccccc2o1. The number of aromatic nitrogens is 1. The van der Waals surface area contributed by atoms with Gasteiger partial charge in [0, 0.05) is 22.4 Å². The number of para-hydroxylation sites is 1. The molecule has 0 fully saturated rings. The summed E-state index contributed by atoms with van der Waals surface area (Å²) in [5, 5.41) is 1.65. The molecule has 4 aromatic rings. The molecular formula is C19H13FN2O2S2. The zero-order valence-electron chi connectivity index (χ0n) is 13.4. The third-order valence-corrected chi connectivity index (χ3v) is 5.56. The van der Waals surface area contributed by atoms with Gasteiger partial charge in [0.2, 0.25) is 5.09 Å². The maximum absolute atomic E-state index is 13.7. The molecule has 0 amide bonds. The average molecular weight is 384 g/mol. The van der Waals surface area contributed by atoms with E-state index in [4.69, 9.17) is 4.42 Å². The van der Waals surface area contributed by atoms with Gasteiger partial charge in [0.1, 0.15) is 16.4 Å². The first-order valence-electron chi connectivity index (χ1n) is 7.74. The number of nitrogens with zero attached hydrogens (tertiary/aromatic N) is 1. The molecule has 0 saturated heterocycles. The highest BCUT2D eigenvalue weighted by Crippen LogP contribution is 2.33. The summed E-state index contributed by atoms with van der Waals surface area (Å²) in [6, 6.07) is 20.0. The summed E-state index contributed by atoms with van der Waals surface area (Å²) in [6.07, 6.45) is 1.14. The van der Waals surface area contributed by atoms with E-state index in [0.717, 1.165) is 16.5 Å². The lowest BCUT2D eigenvalue weighted by Gasteiger charge is -2.09. The maximum atomic E-state index is 13.7. The largest absolute Gasteiger partial charge is 0.445 e. The third-order valence-electron chi connectivity index (χ3n) is 3.56. The molecule has 0 aliphatic rings. The van der Waals surface area contributed by atoms with E-state index >= 15 is 0 Å². The van der Waals surface area contributed by atoms with Crippen molar-refractivity contribution in [1.29, 1.82) is 0 Å². The molecule has 7 heteroatoms. The van der Waals surface area contributed by atoms with Gasteiger partial charge in [0.05, 0.1) is 11.9 Å². The summed E-state index contributed by atoms with van der Waals surface area (Å²) in [4.78, 5) is 5.07. The van der Waals surface area contributed by atoms with Crippen LogP contribution in [0.2, 0.25) is 0 Å². The van der Waals surface area contributed by atoms with Gasteiger partial charge in [0.15, 0.2) is 11.0 Å². The molecule has 1 atom stereocenters. The summed E-state index contributed by atoms with van der Waals surface area (Å²) >= 11 is 1.36. The molecule has 0 spiro atoms. The van der Waals surface area contributed by atoms with Crippen LogP contribution in [-0.4, -0.2) is 9.19 Å². The molecule has 1 N–H and O–H groups in total. The fourth-order valence-corrected chi connectivity index (χ4v) is 4.14. The maximum Gasteiger partial charge on any atom is 0.212 e. The number of nitrogens with one attached hydrogen (secondary N) is 1. The minimum absolute atomic E-state index is 0.270. The van der Waals surface area contributed by atoms with Crippen molar-refractivity contribution in [3.63, 3.8) is 0 Å². The number of hydrogen-bond donors (Lipinski definition) is 1. The van der Waals surface area contributed by atoms with Crippen molar-refractivity contribution in [1.82, 2.24) is 4.98 Å². The van der Waals surface area contributed by atoms with E-state index in [1.807, 2.05) is 48.5 Å². The van der Waals surface area contributed by atoms with Crippen molar-refractivity contribution in [2.75, 3.05) is 4.72 Å². The first-order chi connectivity index (χ1) is 12.7. The summed E-state index contributed by atoms with van der Waals surface area (Å²) < 4.78 is 34.7. The Morgan fingerprint density at radius 2 is 1.81 bits per heavy atom. The van der Waals surface area contributed by atoms with Gasteiger partial charge in [-0.2, -0.15) is 0 Å². The summed E-state index contributed by atoms with van der Waals surface area (Å²) in [7, 11) is -1.68. The fourth-order valence-electron chi connectivity index (χ4n) is 2.38. The monoisotopic (exact) mass is 384 g/mol. The van der Waals surface area contributed by atoms with Gasteiger partial charge in [0.25, 0.3) is 0 Å². The Labute approximate surface area is 156 Å². The Bertz CT molecular complexity index is 1050. The lowest BCUT2D eigenvalue weighted by atomic mass is 10.3. The van der Waals surface area contributed by atoms with Crippen LogP contribution in [0.3, 0.4) is 0 Å². The number of benzene rings is 2. The van der Waals surface area contributed by atoms with Gasteiger partial charge in [-0.05, 0) is 18.2 Å². The molecule has 4 rings (SSSR count). The van der Waals surface area contributed by atoms with Crippen molar-refractivity contribution >= 4 is 39.4 Å². The van der Waals surface area contributed by atoms with Crippen LogP contribution in [0.4, 0.5) is 10.1 Å². The van der Waals surface area contributed by atoms with Crippen molar-refractivity contribution in [3.05, 3.63) is 78.7 Å². The van der Waals surface area contributed by atoms with Crippen LogP contribution in [0.1, 0.15) is 0 Å². The second-order valence-corrected chi connectivity index (χ2v) is 7.60. The molecule has 1 unspecified atom stereocenters. The molecule has 0 aliphatic heterocycles. The fraction of sp³-hybridized carbons (Fsp3) is 0. The molecule has 26 heavy (non-hydrogen) atoms. The van der Waals surface area contributed by atoms with Crippen molar-refractivity contribution in [2.45, 2.75) is 15.0 Å². The molecule has 0 bridgehead atoms. The first-order valence-corrected chi connectivity index (χ1v) is 9.71. The van der Waals surface area contributed by atoms with Gasteiger partial charge in [-0.15, -0.1) is 0 Å². The zero-order valence-corrected chi connectivity index (χ0v) is 15.0. The Kier molecular flexibility index (Phi) is 4.73. The molecule has 2 aromatic carbocycles. The van der Waals surface area contributed by atoms with Crippen LogP contribution in [0.15, 0.2) is 92.4 Å². The number of anilines is 1. The van der Waals surface area contributed by atoms with E-state index in [9.17, 15) is 8.60 Å². The van der Waals surface area contributed by atoms with Crippen LogP contribution >= 0.6 is 11.8 Å². The highest BCUT2D eigenvalue weighted by molar-refractivity contribution is 7.99. The van der Waals surface area contributed by atoms with E-state index < -0.39 is 16.8 Å². The molecule has 0 aliphatic carbocycles. The molecule has 130 valence electrons. The Balaban J connectivity index is 1.62. The highest BCUT2D eigenvalue weighted by atomic mass is 32.2. The van der Waals surface area contributed by atoms with Crippen molar-refractivity contribution in [2.24, 2.45) is 0 Å². The van der Waals surface area contributed by atoms with Crippen molar-refractivity contribution in [3.8, 4) is 0 Å². The number of fused-ring (bicyclic) bond motifs is 1. The molecule has 0 saturated carbocycles. The lowest BCUT2D eigenvalue weighted by Crippen LogP contribution is -2.06. The predicted molar refractivity (Wildman–Crippen MR) is 101 cm³/mol. The molecule has 0 radical (unpaired) electrons. The number of hydrogen-bond acceptors (Lipinski definition) is 4. The zero-order chi connectivity index (χ0) is 17.9. The van der Waals surface area contributed by atoms with Crippen LogP contribution in [0.5, 0.6) is 0 Å². The molecular weight excluding hydrogens is 371 g/mol. The lowest BCUT2D eigenvalue weighted by molar-refractivity contribution is 0.504. The Morgan fingerprint density at radius 3 is 2.62 bits per heavy atom. The standard InChI is InChI=1S/C19H13FN2O2S2/c20-14-11-16(19(21-12-14)25-15-7-2-1-3-8-15)22-26(23)18-10-13-6-4-5-9-17(13)24-18/h1-12,22H. The van der Waals surface area contributed by atoms with Crippen LogP contribution < -0.4 is 4.72 Å². The minimum atomic E-state index is -1.68. The Hall–Kier alpha value is -2.64. The number of halogens is 1. The second-order valence-electron chi connectivity index (χ2n) is 5.40. The van der Waals surface area contributed by atoms with E-state index in [1.54, 1.807) is 12.1 Å². The van der Waals surface area contributed by atoms with E-state index in [2.05, 4.69) is 9.71 Å². The first kappa shape index (κ1) is 16.8. The quantitative estimate of drug-likeness (QED) is 0.510. The van der Waals surface area contributed by atoms with E-state index in [0.29, 0.717) is 16.3 Å². The summed E-state index contributed by atoms with van der Waals surface area (Å²) in [6.45, 7) is 0. The van der Waals surface area contributed by atoms with E-state index in [-0.39, 0.29) is 5.09 Å². The third kappa shape index (κ3) is 3.63. The van der Waals surface area contributed by atoms with Gasteiger partial charge in [-0.1, -0.05) is 48.2 Å². The van der Waals surface area contributed by atoms with Gasteiger partial charge in [-0.3, -0.25) is 4.72 Å². The number of pyridine rings is 1. The van der Waals surface area contributed by atoms with Crippen molar-refractivity contribution < 1.29 is 13.0 Å². The Morgan fingerprint density at radius 1 is 1.04 bits per heavy atom. The predicted octanol–water partition coefficient (Wildman–Crippen LogP) is 5.25. The molecule has 2 aromatic heterocycles. The normalized spacial score (nSPS) is 12.2. The topological polar surface area (TPSA) is 55.1 Å². The van der Waals surface area contributed by atoms with Gasteiger partial charge in [-0.25, -0.2) is 13.6 Å². The van der Waals surface area contributed by atoms with Crippen LogP contribution in [0, 0.1) is 5.82 Å². The number of furan rings is 1. The highest BCUT2D eigenvalue weighted by Gasteiger charge is 2.15. The second kappa shape index (κ2) is 7.31. The summed E-state index contributed by atoms with van der Waals surface area (Å²) in [5.41, 5.74) is 0.992.